The Kier molecular flexibility index (Phi) is 9.96. The molecule has 1 fully saturated rings. The number of amides is 2. The molecule has 4 rings (SSSR count). The van der Waals surface area contributed by atoms with Gasteiger partial charge in [-0.1, -0.05) is 13.0 Å². The summed E-state index contributed by atoms with van der Waals surface area (Å²) < 4.78 is 5.95. The van der Waals surface area contributed by atoms with Crippen molar-refractivity contribution >= 4 is 29.0 Å². The normalized spacial score (nSPS) is 15.0. The van der Waals surface area contributed by atoms with Crippen molar-refractivity contribution in [1.82, 2.24) is 20.6 Å². The molecule has 0 radical (unpaired) electrons. The summed E-state index contributed by atoms with van der Waals surface area (Å²) in [5.74, 6) is 0.353. The Morgan fingerprint density at radius 3 is 2.59 bits per heavy atom. The highest BCUT2D eigenvalue weighted by molar-refractivity contribution is 6.08. The first-order valence-corrected chi connectivity index (χ1v) is 13.4. The Morgan fingerprint density at radius 2 is 1.92 bits per heavy atom. The number of carbonyl (C=O) groups is 2. The number of carbonyl (C=O) groups excluding carboxylic acids is 2. The van der Waals surface area contributed by atoms with Gasteiger partial charge in [-0.3, -0.25) is 19.5 Å². The van der Waals surface area contributed by atoms with E-state index < -0.39 is 6.23 Å². The number of nitrogens with zero attached hydrogens (tertiary/aromatic N) is 4. The minimum atomic E-state index is -0.489. The van der Waals surface area contributed by atoms with Crippen LogP contribution in [0.1, 0.15) is 40.1 Å². The van der Waals surface area contributed by atoms with Crippen LogP contribution < -0.4 is 25.8 Å². The van der Waals surface area contributed by atoms with Crippen LogP contribution >= 0.6 is 0 Å². The maximum atomic E-state index is 13.6. The number of anilines is 3. The molecular formula is C29H37N7O3. The molecule has 0 saturated carbocycles. The summed E-state index contributed by atoms with van der Waals surface area (Å²) >= 11 is 0. The molecule has 1 aromatic carbocycles. The first kappa shape index (κ1) is 28.2. The summed E-state index contributed by atoms with van der Waals surface area (Å²) in [5, 5.41) is 9.61. The van der Waals surface area contributed by atoms with Gasteiger partial charge in [0.15, 0.2) is 0 Å². The number of likely N-dealkylation sites (N-methyl/N-ethyl adjacent to an activating group) is 2. The molecule has 0 aliphatic carbocycles. The van der Waals surface area contributed by atoms with Crippen LogP contribution in [0.3, 0.4) is 0 Å². The van der Waals surface area contributed by atoms with E-state index in [0.29, 0.717) is 35.7 Å². The number of nitrogens with one attached hydrogen (secondary N) is 3. The monoisotopic (exact) mass is 531 g/mol. The third-order valence-corrected chi connectivity index (χ3v) is 6.61. The van der Waals surface area contributed by atoms with Crippen molar-refractivity contribution in [2.45, 2.75) is 27.0 Å². The van der Waals surface area contributed by atoms with Crippen LogP contribution in [0, 0.1) is 6.92 Å². The smallest absolute Gasteiger partial charge is 0.260 e. The number of pyridine rings is 2. The van der Waals surface area contributed by atoms with Crippen LogP contribution in [-0.4, -0.2) is 73.9 Å². The summed E-state index contributed by atoms with van der Waals surface area (Å²) in [5.41, 5.74) is 3.06. The van der Waals surface area contributed by atoms with Crippen LogP contribution in [0.25, 0.3) is 0 Å². The molecule has 1 unspecified atom stereocenters. The van der Waals surface area contributed by atoms with Crippen molar-refractivity contribution in [2.24, 2.45) is 0 Å². The molecule has 0 bridgehead atoms. The van der Waals surface area contributed by atoms with Gasteiger partial charge in [-0.05, 0) is 62.4 Å². The second-order valence-corrected chi connectivity index (χ2v) is 9.23. The summed E-state index contributed by atoms with van der Waals surface area (Å²) in [6.45, 7) is 11.2. The maximum Gasteiger partial charge on any atom is 0.260 e. The van der Waals surface area contributed by atoms with Crippen molar-refractivity contribution in [2.75, 3.05) is 61.0 Å². The highest BCUT2D eigenvalue weighted by atomic mass is 16.5. The molecule has 39 heavy (non-hydrogen) atoms. The molecule has 10 nitrogen and oxygen atoms in total. The molecule has 206 valence electrons. The molecular weight excluding hydrogens is 494 g/mol. The third-order valence-electron chi connectivity index (χ3n) is 6.61. The Labute approximate surface area is 229 Å². The second-order valence-electron chi connectivity index (χ2n) is 9.23. The molecule has 10 heteroatoms. The van der Waals surface area contributed by atoms with Gasteiger partial charge in [0.05, 0.1) is 12.2 Å². The zero-order valence-electron chi connectivity index (χ0n) is 22.8. The molecule has 3 heterocycles. The van der Waals surface area contributed by atoms with Gasteiger partial charge in [0.2, 0.25) is 0 Å². The summed E-state index contributed by atoms with van der Waals surface area (Å²) in [6.07, 6.45) is 4.29. The first-order valence-electron chi connectivity index (χ1n) is 13.4. The fraction of sp³-hybridized carbons (Fsp3) is 0.379. The van der Waals surface area contributed by atoms with E-state index in [9.17, 15) is 9.59 Å². The summed E-state index contributed by atoms with van der Waals surface area (Å²) in [4.78, 5) is 39.1. The SMILES string of the molecule is CCNCCN(CC)c1ccc(C(=O)Nc2cc(N(C(=O)c3ccncc3)C3CNCCO3)ccc2C)cn1. The average molecular weight is 532 g/mol. The lowest BCUT2D eigenvalue weighted by Gasteiger charge is -2.35. The van der Waals surface area contributed by atoms with E-state index in [1.165, 1.54) is 0 Å². The maximum absolute atomic E-state index is 13.6. The number of morpholine rings is 1. The number of aryl methyl sites for hydroxylation is 1. The number of aromatic nitrogens is 2. The molecule has 1 saturated heterocycles. The lowest BCUT2D eigenvalue weighted by atomic mass is 10.1. The summed E-state index contributed by atoms with van der Waals surface area (Å²) in [6, 6.07) is 12.6. The van der Waals surface area contributed by atoms with Gasteiger partial charge in [0, 0.05) is 68.3 Å². The van der Waals surface area contributed by atoms with Gasteiger partial charge >= 0.3 is 0 Å². The standard InChI is InChI=1S/C29H37N7O3/c1-4-30-14-16-35(5-2)26-9-7-23(19-33-26)28(37)34-25-18-24(8-6-21(25)3)36(27-20-32-15-17-39-27)29(38)22-10-12-31-13-11-22/h6-13,18-19,27,30,32H,4-5,14-17,20H2,1-3H3,(H,34,37). The Bertz CT molecular complexity index is 1230. The van der Waals surface area contributed by atoms with Crippen molar-refractivity contribution < 1.29 is 14.3 Å². The quantitative estimate of drug-likeness (QED) is 0.324. The van der Waals surface area contributed by atoms with Gasteiger partial charge in [-0.2, -0.15) is 0 Å². The van der Waals surface area contributed by atoms with Crippen molar-refractivity contribution in [3.63, 3.8) is 0 Å². The molecule has 1 atom stereocenters. The summed E-state index contributed by atoms with van der Waals surface area (Å²) in [7, 11) is 0. The van der Waals surface area contributed by atoms with Crippen molar-refractivity contribution in [1.29, 1.82) is 0 Å². The number of benzene rings is 1. The Hall–Kier alpha value is -3.86. The van der Waals surface area contributed by atoms with Gasteiger partial charge in [0.1, 0.15) is 12.0 Å². The van der Waals surface area contributed by atoms with Crippen LogP contribution in [0.2, 0.25) is 0 Å². The van der Waals surface area contributed by atoms with E-state index in [0.717, 1.165) is 44.1 Å². The molecule has 0 spiro atoms. The van der Waals surface area contributed by atoms with E-state index in [2.05, 4.69) is 44.7 Å². The minimum Gasteiger partial charge on any atom is -0.356 e. The van der Waals surface area contributed by atoms with Gasteiger partial charge in [-0.25, -0.2) is 4.98 Å². The lowest BCUT2D eigenvalue weighted by Crippen LogP contribution is -2.52. The second kappa shape index (κ2) is 13.8. The minimum absolute atomic E-state index is 0.207. The predicted octanol–water partition coefficient (Wildman–Crippen LogP) is 3.07. The highest BCUT2D eigenvalue weighted by Crippen LogP contribution is 2.28. The van der Waals surface area contributed by atoms with Crippen molar-refractivity contribution in [3.8, 4) is 0 Å². The van der Waals surface area contributed by atoms with Crippen LogP contribution in [-0.2, 0) is 4.74 Å². The molecule has 1 aliphatic rings. The number of ether oxygens (including phenoxy) is 1. The molecule has 3 aromatic rings. The zero-order chi connectivity index (χ0) is 27.6. The van der Waals surface area contributed by atoms with E-state index >= 15 is 0 Å². The van der Waals surface area contributed by atoms with Crippen molar-refractivity contribution in [3.05, 3.63) is 77.7 Å². The van der Waals surface area contributed by atoms with Gasteiger partial charge < -0.3 is 25.6 Å². The predicted molar refractivity (Wildman–Crippen MR) is 153 cm³/mol. The van der Waals surface area contributed by atoms with E-state index in [1.54, 1.807) is 41.7 Å². The van der Waals surface area contributed by atoms with E-state index in [1.807, 2.05) is 31.2 Å². The fourth-order valence-corrected chi connectivity index (χ4v) is 4.39. The highest BCUT2D eigenvalue weighted by Gasteiger charge is 2.29. The molecule has 2 amide bonds. The first-order chi connectivity index (χ1) is 19.0. The number of hydrogen-bond acceptors (Lipinski definition) is 8. The van der Waals surface area contributed by atoms with Crippen LogP contribution in [0.15, 0.2) is 61.1 Å². The number of rotatable bonds is 11. The lowest BCUT2D eigenvalue weighted by molar-refractivity contribution is 0.0255. The van der Waals surface area contributed by atoms with E-state index in [-0.39, 0.29) is 11.8 Å². The Morgan fingerprint density at radius 1 is 1.10 bits per heavy atom. The van der Waals surface area contributed by atoms with Crippen LogP contribution in [0.5, 0.6) is 0 Å². The average Bonchev–Trinajstić information content (AvgIpc) is 2.98. The molecule has 2 aromatic heterocycles. The van der Waals surface area contributed by atoms with Crippen LogP contribution in [0.4, 0.5) is 17.2 Å². The topological polar surface area (TPSA) is 112 Å². The Balaban J connectivity index is 1.54. The third kappa shape index (κ3) is 7.17. The molecule has 3 N–H and O–H groups in total. The fourth-order valence-electron chi connectivity index (χ4n) is 4.39. The largest absolute Gasteiger partial charge is 0.356 e. The van der Waals surface area contributed by atoms with Gasteiger partial charge in [-0.15, -0.1) is 0 Å². The number of hydrogen-bond donors (Lipinski definition) is 3. The zero-order valence-corrected chi connectivity index (χ0v) is 22.8. The van der Waals surface area contributed by atoms with Gasteiger partial charge in [0.25, 0.3) is 11.8 Å². The van der Waals surface area contributed by atoms with E-state index in [4.69, 9.17) is 4.74 Å². The molecule has 1 aliphatic heterocycles.